The molecule has 0 aliphatic heterocycles. The number of hydrogen-bond acceptors (Lipinski definition) is 4. The van der Waals surface area contributed by atoms with Crippen LogP contribution in [0.5, 0.6) is 0 Å². The summed E-state index contributed by atoms with van der Waals surface area (Å²) in [7, 11) is -3.50. The van der Waals surface area contributed by atoms with Gasteiger partial charge in [0, 0.05) is 18.8 Å². The van der Waals surface area contributed by atoms with Crippen LogP contribution < -0.4 is 9.44 Å². The Balaban J connectivity index is 4.08. The molecule has 98 valence electrons. The highest BCUT2D eigenvalue weighted by molar-refractivity contribution is 7.98. The summed E-state index contributed by atoms with van der Waals surface area (Å²) in [6.45, 7) is 5.86. The number of nitrogens with one attached hydrogen (secondary N) is 2. The first-order valence-electron chi connectivity index (χ1n) is 5.14. The zero-order valence-electron chi connectivity index (χ0n) is 10.3. The van der Waals surface area contributed by atoms with Gasteiger partial charge >= 0.3 is 0 Å². The van der Waals surface area contributed by atoms with Gasteiger partial charge < -0.3 is 5.11 Å². The lowest BCUT2D eigenvalue weighted by atomic mass is 10.1. The van der Waals surface area contributed by atoms with Gasteiger partial charge in [-0.25, -0.2) is 4.72 Å². The monoisotopic (exact) mass is 270 g/mol. The highest BCUT2D eigenvalue weighted by Gasteiger charge is 2.22. The molecule has 0 spiro atoms. The second-order valence-corrected chi connectivity index (χ2v) is 6.95. The van der Waals surface area contributed by atoms with E-state index in [-0.39, 0.29) is 12.5 Å². The van der Waals surface area contributed by atoms with Gasteiger partial charge in [0.25, 0.3) is 10.2 Å². The van der Waals surface area contributed by atoms with E-state index in [9.17, 15) is 13.5 Å². The molecule has 0 saturated carbocycles. The molecule has 0 amide bonds. The second-order valence-electron chi connectivity index (χ2n) is 4.50. The SMILES string of the molecule is CSCC(C)(O)CNS(=O)(=O)NCC(C)C. The van der Waals surface area contributed by atoms with Crippen LogP contribution in [0.15, 0.2) is 0 Å². The minimum absolute atomic E-state index is 0.0151. The first-order chi connectivity index (χ1) is 7.18. The lowest BCUT2D eigenvalue weighted by Crippen LogP contribution is -2.47. The highest BCUT2D eigenvalue weighted by Crippen LogP contribution is 2.09. The molecule has 0 aromatic carbocycles. The van der Waals surface area contributed by atoms with Gasteiger partial charge in [0.2, 0.25) is 0 Å². The standard InChI is InChI=1S/C9H22N2O3S2/c1-8(2)5-10-16(13,14)11-6-9(3,12)7-15-4/h8,10-12H,5-7H2,1-4H3. The fourth-order valence-corrected chi connectivity index (χ4v) is 2.82. The smallest absolute Gasteiger partial charge is 0.277 e. The van der Waals surface area contributed by atoms with Crippen molar-refractivity contribution in [1.82, 2.24) is 9.44 Å². The van der Waals surface area contributed by atoms with Crippen molar-refractivity contribution in [1.29, 1.82) is 0 Å². The number of rotatable bonds is 8. The predicted molar refractivity (Wildman–Crippen MR) is 68.8 cm³/mol. The second kappa shape index (κ2) is 6.80. The molecule has 0 radical (unpaired) electrons. The van der Waals surface area contributed by atoms with E-state index in [0.717, 1.165) is 0 Å². The maximum absolute atomic E-state index is 11.4. The van der Waals surface area contributed by atoms with E-state index in [4.69, 9.17) is 0 Å². The van der Waals surface area contributed by atoms with Gasteiger partial charge in [-0.2, -0.15) is 24.9 Å². The van der Waals surface area contributed by atoms with E-state index in [1.54, 1.807) is 6.92 Å². The summed E-state index contributed by atoms with van der Waals surface area (Å²) in [6, 6.07) is 0. The van der Waals surface area contributed by atoms with E-state index in [1.165, 1.54) is 11.8 Å². The molecule has 0 bridgehead atoms. The van der Waals surface area contributed by atoms with Crippen LogP contribution in [0.4, 0.5) is 0 Å². The van der Waals surface area contributed by atoms with Crippen LogP contribution in [-0.2, 0) is 10.2 Å². The lowest BCUT2D eigenvalue weighted by Gasteiger charge is -2.22. The van der Waals surface area contributed by atoms with Gasteiger partial charge in [-0.15, -0.1) is 0 Å². The van der Waals surface area contributed by atoms with E-state index < -0.39 is 15.8 Å². The maximum atomic E-state index is 11.4. The summed E-state index contributed by atoms with van der Waals surface area (Å²) in [6.07, 6.45) is 1.86. The Bertz CT molecular complexity index is 289. The number of hydrogen-bond donors (Lipinski definition) is 3. The molecule has 3 N–H and O–H groups in total. The molecule has 1 atom stereocenters. The van der Waals surface area contributed by atoms with Gasteiger partial charge in [-0.3, -0.25) is 0 Å². The Morgan fingerprint density at radius 1 is 1.38 bits per heavy atom. The Morgan fingerprint density at radius 2 is 1.94 bits per heavy atom. The summed E-state index contributed by atoms with van der Waals surface area (Å²) in [4.78, 5) is 0. The van der Waals surface area contributed by atoms with Crippen molar-refractivity contribution in [3.63, 3.8) is 0 Å². The van der Waals surface area contributed by atoms with E-state index in [2.05, 4.69) is 9.44 Å². The van der Waals surface area contributed by atoms with Gasteiger partial charge in [-0.05, 0) is 19.1 Å². The number of aliphatic hydroxyl groups is 1. The van der Waals surface area contributed by atoms with E-state index >= 15 is 0 Å². The zero-order chi connectivity index (χ0) is 12.8. The molecule has 16 heavy (non-hydrogen) atoms. The van der Waals surface area contributed by atoms with E-state index in [0.29, 0.717) is 12.3 Å². The zero-order valence-corrected chi connectivity index (χ0v) is 11.9. The van der Waals surface area contributed by atoms with Crippen molar-refractivity contribution < 1.29 is 13.5 Å². The molecule has 1 unspecified atom stereocenters. The average molecular weight is 270 g/mol. The van der Waals surface area contributed by atoms with Crippen LogP contribution in [-0.4, -0.2) is 44.2 Å². The summed E-state index contributed by atoms with van der Waals surface area (Å²) >= 11 is 1.47. The Morgan fingerprint density at radius 3 is 2.38 bits per heavy atom. The summed E-state index contributed by atoms with van der Waals surface area (Å²) in [5, 5.41) is 9.78. The summed E-state index contributed by atoms with van der Waals surface area (Å²) in [5.41, 5.74) is -1.02. The lowest BCUT2D eigenvalue weighted by molar-refractivity contribution is 0.0907. The molecule has 0 aromatic heterocycles. The van der Waals surface area contributed by atoms with Crippen LogP contribution in [0.25, 0.3) is 0 Å². The summed E-state index contributed by atoms with van der Waals surface area (Å²) in [5.74, 6) is 0.739. The quantitative estimate of drug-likeness (QED) is 0.588. The molecule has 0 aromatic rings. The predicted octanol–water partition coefficient (Wildman–Crippen LogP) is 0.180. The molecular formula is C9H22N2O3S2. The van der Waals surface area contributed by atoms with Crippen molar-refractivity contribution >= 4 is 22.0 Å². The minimum Gasteiger partial charge on any atom is -0.388 e. The molecule has 0 heterocycles. The fourth-order valence-electron chi connectivity index (χ4n) is 0.940. The Kier molecular flexibility index (Phi) is 6.88. The topological polar surface area (TPSA) is 78.4 Å². The van der Waals surface area contributed by atoms with Crippen LogP contribution in [0, 0.1) is 5.92 Å². The first-order valence-corrected chi connectivity index (χ1v) is 8.02. The van der Waals surface area contributed by atoms with Gasteiger partial charge in [0.1, 0.15) is 0 Å². The van der Waals surface area contributed by atoms with Crippen LogP contribution in [0.1, 0.15) is 20.8 Å². The van der Waals surface area contributed by atoms with Crippen molar-refractivity contribution in [2.75, 3.05) is 25.1 Å². The van der Waals surface area contributed by atoms with Crippen molar-refractivity contribution in [2.45, 2.75) is 26.4 Å². The van der Waals surface area contributed by atoms with Crippen LogP contribution >= 0.6 is 11.8 Å². The first kappa shape index (κ1) is 16.2. The Labute approximate surface area is 103 Å². The highest BCUT2D eigenvalue weighted by atomic mass is 32.2. The molecule has 0 fully saturated rings. The third-order valence-corrected chi connectivity index (χ3v) is 3.76. The third kappa shape index (κ3) is 8.35. The summed E-state index contributed by atoms with van der Waals surface area (Å²) < 4.78 is 27.6. The fraction of sp³-hybridized carbons (Fsp3) is 1.00. The van der Waals surface area contributed by atoms with Crippen molar-refractivity contribution in [2.24, 2.45) is 5.92 Å². The average Bonchev–Trinajstić information content (AvgIpc) is 2.13. The molecular weight excluding hydrogens is 248 g/mol. The minimum atomic E-state index is -3.50. The third-order valence-electron chi connectivity index (χ3n) is 1.78. The maximum Gasteiger partial charge on any atom is 0.277 e. The Hall–Kier alpha value is 0.180. The molecule has 7 heteroatoms. The largest absolute Gasteiger partial charge is 0.388 e. The van der Waals surface area contributed by atoms with Crippen LogP contribution in [0.2, 0.25) is 0 Å². The molecule has 0 rings (SSSR count). The van der Waals surface area contributed by atoms with E-state index in [1.807, 2.05) is 20.1 Å². The van der Waals surface area contributed by atoms with Gasteiger partial charge in [0.15, 0.2) is 0 Å². The molecule has 0 saturated heterocycles. The van der Waals surface area contributed by atoms with Crippen molar-refractivity contribution in [3.05, 3.63) is 0 Å². The molecule has 0 aliphatic carbocycles. The molecule has 5 nitrogen and oxygen atoms in total. The van der Waals surface area contributed by atoms with Gasteiger partial charge in [0.05, 0.1) is 5.60 Å². The molecule has 0 aliphatic rings. The number of thioether (sulfide) groups is 1. The normalized spacial score (nSPS) is 16.4. The van der Waals surface area contributed by atoms with Gasteiger partial charge in [-0.1, -0.05) is 13.8 Å². The van der Waals surface area contributed by atoms with Crippen molar-refractivity contribution in [3.8, 4) is 0 Å². The van der Waals surface area contributed by atoms with Crippen LogP contribution in [0.3, 0.4) is 0 Å².